The van der Waals surface area contributed by atoms with Crippen molar-refractivity contribution in [1.82, 2.24) is 10.2 Å². The van der Waals surface area contributed by atoms with Crippen LogP contribution in [0.3, 0.4) is 0 Å². The van der Waals surface area contributed by atoms with Crippen LogP contribution in [0.2, 0.25) is 5.02 Å². The van der Waals surface area contributed by atoms with Crippen LogP contribution in [-0.4, -0.2) is 29.3 Å². The second kappa shape index (κ2) is 7.56. The Morgan fingerprint density at radius 1 is 1.19 bits per heavy atom. The maximum Gasteiger partial charge on any atom is 0.417 e. The molecule has 0 saturated carbocycles. The smallest absolute Gasteiger partial charge is 0.325 e. The number of carbonyl (C=O) groups is 3. The molecule has 1 spiro atoms. The normalized spacial score (nSPS) is 20.6. The fourth-order valence-corrected chi connectivity index (χ4v) is 4.34. The monoisotopic (exact) mass is 451 g/mol. The lowest BCUT2D eigenvalue weighted by atomic mass is 9.76. The summed E-state index contributed by atoms with van der Waals surface area (Å²) in [5.41, 5.74) is -0.813. The summed E-state index contributed by atoms with van der Waals surface area (Å²) in [6.07, 6.45) is -2.82. The van der Waals surface area contributed by atoms with E-state index in [1.807, 2.05) is 12.1 Å². The summed E-state index contributed by atoms with van der Waals surface area (Å²) in [6, 6.07) is 9.51. The van der Waals surface area contributed by atoms with E-state index in [9.17, 15) is 27.6 Å². The summed E-state index contributed by atoms with van der Waals surface area (Å²) in [5.74, 6) is -1.35. The van der Waals surface area contributed by atoms with Crippen molar-refractivity contribution in [3.63, 3.8) is 0 Å². The molecule has 6 nitrogen and oxygen atoms in total. The molecule has 0 bridgehead atoms. The van der Waals surface area contributed by atoms with E-state index in [0.717, 1.165) is 23.0 Å². The van der Waals surface area contributed by atoms with E-state index in [4.69, 9.17) is 11.6 Å². The van der Waals surface area contributed by atoms with Gasteiger partial charge < -0.3 is 10.6 Å². The van der Waals surface area contributed by atoms with Gasteiger partial charge in [0.15, 0.2) is 0 Å². The fourth-order valence-electron chi connectivity index (χ4n) is 4.12. The maximum atomic E-state index is 13.2. The van der Waals surface area contributed by atoms with Crippen molar-refractivity contribution in [2.75, 3.05) is 11.9 Å². The minimum atomic E-state index is -4.69. The molecule has 31 heavy (non-hydrogen) atoms. The number of nitrogens with one attached hydrogen (secondary N) is 2. The Balaban J connectivity index is 1.53. The molecule has 4 rings (SSSR count). The number of amides is 4. The Morgan fingerprint density at radius 2 is 1.94 bits per heavy atom. The second-order valence-electron chi connectivity index (χ2n) is 7.48. The number of urea groups is 1. The molecule has 10 heteroatoms. The quantitative estimate of drug-likeness (QED) is 0.690. The van der Waals surface area contributed by atoms with Crippen LogP contribution in [0, 0.1) is 0 Å². The first-order valence-electron chi connectivity index (χ1n) is 9.51. The topological polar surface area (TPSA) is 78.5 Å². The van der Waals surface area contributed by atoms with E-state index in [2.05, 4.69) is 10.6 Å². The summed E-state index contributed by atoms with van der Waals surface area (Å²) in [4.78, 5) is 38.9. The van der Waals surface area contributed by atoms with Gasteiger partial charge in [-0.1, -0.05) is 35.9 Å². The molecule has 0 aromatic heterocycles. The lowest BCUT2D eigenvalue weighted by molar-refractivity contribution is -0.137. The molecule has 162 valence electrons. The van der Waals surface area contributed by atoms with Crippen LogP contribution in [0.1, 0.15) is 29.5 Å². The van der Waals surface area contributed by atoms with Gasteiger partial charge in [0.1, 0.15) is 12.1 Å². The molecule has 4 amide bonds. The highest BCUT2D eigenvalue weighted by atomic mass is 35.5. The third-order valence-electron chi connectivity index (χ3n) is 5.51. The van der Waals surface area contributed by atoms with E-state index in [1.165, 1.54) is 6.07 Å². The van der Waals surface area contributed by atoms with Gasteiger partial charge in [-0.3, -0.25) is 14.5 Å². The number of nitrogens with zero attached hydrogens (tertiary/aromatic N) is 1. The van der Waals surface area contributed by atoms with Crippen molar-refractivity contribution in [3.8, 4) is 0 Å². The third-order valence-corrected chi connectivity index (χ3v) is 5.84. The molecule has 1 fully saturated rings. The van der Waals surface area contributed by atoms with Crippen molar-refractivity contribution in [2.24, 2.45) is 0 Å². The molecule has 2 aliphatic rings. The highest BCUT2D eigenvalue weighted by Gasteiger charge is 2.54. The van der Waals surface area contributed by atoms with E-state index in [0.29, 0.717) is 24.5 Å². The number of benzene rings is 2. The van der Waals surface area contributed by atoms with Crippen molar-refractivity contribution in [1.29, 1.82) is 0 Å². The van der Waals surface area contributed by atoms with E-state index < -0.39 is 46.7 Å². The van der Waals surface area contributed by atoms with Crippen LogP contribution in [0.25, 0.3) is 0 Å². The third kappa shape index (κ3) is 3.74. The zero-order valence-corrected chi connectivity index (χ0v) is 16.8. The summed E-state index contributed by atoms with van der Waals surface area (Å²) >= 11 is 5.58. The number of imide groups is 1. The fraction of sp³-hybridized carbons (Fsp3) is 0.286. The van der Waals surface area contributed by atoms with Gasteiger partial charge in [0, 0.05) is 5.69 Å². The number of aryl methyl sites for hydroxylation is 1. The zero-order valence-electron chi connectivity index (χ0n) is 16.1. The summed E-state index contributed by atoms with van der Waals surface area (Å²) in [5, 5.41) is 4.51. The first-order chi connectivity index (χ1) is 14.6. The van der Waals surface area contributed by atoms with Crippen LogP contribution < -0.4 is 10.6 Å². The molecule has 1 atom stereocenters. The Hall–Kier alpha value is -3.07. The number of alkyl halides is 3. The average molecular weight is 452 g/mol. The largest absolute Gasteiger partial charge is 0.417 e. The SMILES string of the molecule is O=C(CN1C(=O)N[C@@]2(CCCc3ccccc32)C1=O)Nc1ccc(Cl)c(C(F)(F)F)c1. The van der Waals surface area contributed by atoms with Gasteiger partial charge in [-0.15, -0.1) is 0 Å². The Morgan fingerprint density at radius 3 is 2.68 bits per heavy atom. The number of fused-ring (bicyclic) bond motifs is 2. The molecule has 0 unspecified atom stereocenters. The Labute approximate surface area is 180 Å². The van der Waals surface area contributed by atoms with Gasteiger partial charge in [-0.2, -0.15) is 13.2 Å². The van der Waals surface area contributed by atoms with E-state index in [-0.39, 0.29) is 5.69 Å². The standard InChI is InChI=1S/C21H17ClF3N3O3/c22-16-8-7-13(10-15(16)21(23,24)25)26-17(29)11-28-18(30)20(27-19(28)31)9-3-5-12-4-1-2-6-14(12)20/h1-2,4,6-8,10H,3,5,9,11H2,(H,26,29)(H,27,31)/t20-/m1/s1. The van der Waals surface area contributed by atoms with E-state index in [1.54, 1.807) is 12.1 Å². The first-order valence-corrected chi connectivity index (χ1v) is 9.89. The molecule has 1 saturated heterocycles. The van der Waals surface area contributed by atoms with Crippen LogP contribution in [-0.2, 0) is 27.7 Å². The Kier molecular flexibility index (Phi) is 5.17. The number of hydrogen-bond acceptors (Lipinski definition) is 3. The number of rotatable bonds is 3. The van der Waals surface area contributed by atoms with Crippen molar-refractivity contribution in [3.05, 3.63) is 64.2 Å². The number of anilines is 1. The lowest BCUT2D eigenvalue weighted by Crippen LogP contribution is -2.47. The molecular weight excluding hydrogens is 435 g/mol. The molecule has 2 N–H and O–H groups in total. The average Bonchev–Trinajstić information content (AvgIpc) is 2.94. The van der Waals surface area contributed by atoms with Gasteiger partial charge in [0.25, 0.3) is 5.91 Å². The van der Waals surface area contributed by atoms with Gasteiger partial charge in [-0.05, 0) is 48.6 Å². The molecular formula is C21H17ClF3N3O3. The van der Waals surface area contributed by atoms with Crippen molar-refractivity contribution < 1.29 is 27.6 Å². The molecule has 1 heterocycles. The predicted octanol–water partition coefficient (Wildman–Crippen LogP) is 4.08. The maximum absolute atomic E-state index is 13.2. The predicted molar refractivity (Wildman–Crippen MR) is 106 cm³/mol. The summed E-state index contributed by atoms with van der Waals surface area (Å²) in [7, 11) is 0. The number of halogens is 4. The molecule has 1 aliphatic carbocycles. The summed E-state index contributed by atoms with van der Waals surface area (Å²) < 4.78 is 39.1. The lowest BCUT2D eigenvalue weighted by Gasteiger charge is -2.33. The van der Waals surface area contributed by atoms with Gasteiger partial charge in [0.2, 0.25) is 5.91 Å². The minimum Gasteiger partial charge on any atom is -0.325 e. The number of hydrogen-bond donors (Lipinski definition) is 2. The van der Waals surface area contributed by atoms with Gasteiger partial charge in [0.05, 0.1) is 10.6 Å². The van der Waals surface area contributed by atoms with Crippen LogP contribution in [0.4, 0.5) is 23.7 Å². The summed E-state index contributed by atoms with van der Waals surface area (Å²) in [6.45, 7) is -0.626. The highest BCUT2D eigenvalue weighted by Crippen LogP contribution is 2.40. The molecule has 2 aromatic carbocycles. The second-order valence-corrected chi connectivity index (χ2v) is 7.89. The highest BCUT2D eigenvalue weighted by molar-refractivity contribution is 6.31. The van der Waals surface area contributed by atoms with Gasteiger partial charge in [-0.25, -0.2) is 4.79 Å². The van der Waals surface area contributed by atoms with E-state index >= 15 is 0 Å². The minimum absolute atomic E-state index is 0.147. The van der Waals surface area contributed by atoms with Gasteiger partial charge >= 0.3 is 12.2 Å². The molecule has 2 aromatic rings. The van der Waals surface area contributed by atoms with Crippen LogP contribution in [0.15, 0.2) is 42.5 Å². The first kappa shape index (κ1) is 21.2. The molecule has 0 radical (unpaired) electrons. The van der Waals surface area contributed by atoms with Crippen molar-refractivity contribution in [2.45, 2.75) is 31.0 Å². The van der Waals surface area contributed by atoms with Crippen LogP contribution in [0.5, 0.6) is 0 Å². The van der Waals surface area contributed by atoms with Crippen molar-refractivity contribution >= 4 is 35.1 Å². The molecule has 1 aliphatic heterocycles. The zero-order chi connectivity index (χ0) is 22.4. The van der Waals surface area contributed by atoms with Crippen LogP contribution >= 0.6 is 11.6 Å². The number of carbonyl (C=O) groups excluding carboxylic acids is 3. The Bertz CT molecular complexity index is 1090.